The van der Waals surface area contributed by atoms with Crippen LogP contribution in [0.2, 0.25) is 0 Å². The van der Waals surface area contributed by atoms with Crippen molar-refractivity contribution >= 4 is 34.4 Å². The van der Waals surface area contributed by atoms with Crippen molar-refractivity contribution in [1.82, 2.24) is 30.4 Å². The van der Waals surface area contributed by atoms with Crippen LogP contribution in [0.3, 0.4) is 0 Å². The summed E-state index contributed by atoms with van der Waals surface area (Å²) in [6.45, 7) is 0.807. The fourth-order valence-electron chi connectivity index (χ4n) is 5.88. The molecule has 0 radical (unpaired) electrons. The lowest BCUT2D eigenvalue weighted by atomic mass is 9.90. The smallest absolute Gasteiger partial charge is 0.383 e. The zero-order valence-corrected chi connectivity index (χ0v) is 23.7. The number of fused-ring (bicyclic) bond motifs is 3. The van der Waals surface area contributed by atoms with E-state index in [9.17, 15) is 22.8 Å². The summed E-state index contributed by atoms with van der Waals surface area (Å²) in [7, 11) is 0. The van der Waals surface area contributed by atoms with Gasteiger partial charge >= 0.3 is 6.18 Å². The molecule has 4 aromatic rings. The highest BCUT2D eigenvalue weighted by Crippen LogP contribution is 2.39. The van der Waals surface area contributed by atoms with Crippen molar-refractivity contribution < 1.29 is 22.8 Å². The number of nitrogens with two attached hydrogens (primary N) is 1. The Morgan fingerprint density at radius 1 is 1.09 bits per heavy atom. The Hall–Kier alpha value is -4.78. The number of carbonyl (C=O) groups excluding carboxylic acids is 2. The molecule has 3 aromatic heterocycles. The number of halogens is 3. The van der Waals surface area contributed by atoms with Gasteiger partial charge in [0, 0.05) is 41.7 Å². The molecule has 44 heavy (non-hydrogen) atoms. The first-order chi connectivity index (χ1) is 21.2. The summed E-state index contributed by atoms with van der Waals surface area (Å²) in [5.74, 6) is -0.507. The molecule has 10 nitrogen and oxygen atoms in total. The van der Waals surface area contributed by atoms with Gasteiger partial charge in [-0.05, 0) is 56.4 Å². The van der Waals surface area contributed by atoms with Gasteiger partial charge in [0.2, 0.25) is 5.91 Å². The highest BCUT2D eigenvalue weighted by Gasteiger charge is 2.31. The lowest BCUT2D eigenvalue weighted by molar-refractivity contribution is -0.137. The molecule has 1 aliphatic heterocycles. The largest absolute Gasteiger partial charge is 0.416 e. The molecule has 2 aliphatic rings. The number of aromatic nitrogens is 4. The number of anilines is 2. The normalized spacial score (nSPS) is 20.0. The van der Waals surface area contributed by atoms with E-state index in [1.807, 2.05) is 16.8 Å². The van der Waals surface area contributed by atoms with Crippen molar-refractivity contribution in [3.63, 3.8) is 0 Å². The van der Waals surface area contributed by atoms with E-state index in [0.717, 1.165) is 55.1 Å². The number of benzene rings is 1. The molecule has 6 rings (SSSR count). The van der Waals surface area contributed by atoms with Crippen LogP contribution in [0.4, 0.5) is 24.8 Å². The van der Waals surface area contributed by atoms with E-state index in [1.54, 1.807) is 30.5 Å². The van der Waals surface area contributed by atoms with Crippen molar-refractivity contribution in [3.8, 4) is 11.3 Å². The SMILES string of the molecule is Nc1ncc2c3c1c(-c1ccc(C(=O)Nc4cc(C(F)(F)F)ccn4)cc1)nn3[C@@H]1CCC[C@H](C1)NC(=O)CNC/C=C/C2. The van der Waals surface area contributed by atoms with Crippen LogP contribution in [0.1, 0.15) is 53.2 Å². The van der Waals surface area contributed by atoms with E-state index < -0.39 is 17.6 Å². The Kier molecular flexibility index (Phi) is 8.04. The van der Waals surface area contributed by atoms with Gasteiger partial charge in [-0.2, -0.15) is 18.3 Å². The molecule has 0 saturated heterocycles. The van der Waals surface area contributed by atoms with E-state index in [0.29, 0.717) is 35.4 Å². The van der Waals surface area contributed by atoms with Crippen LogP contribution in [0.15, 0.2) is 60.9 Å². The zero-order valence-electron chi connectivity index (χ0n) is 23.7. The van der Waals surface area contributed by atoms with Gasteiger partial charge in [0.05, 0.1) is 29.1 Å². The molecule has 0 unspecified atom stereocenters. The number of allylic oxidation sites excluding steroid dienone is 1. The second kappa shape index (κ2) is 12.1. The Balaban J connectivity index is 1.35. The molecular weight excluding hydrogens is 573 g/mol. The van der Waals surface area contributed by atoms with E-state index in [2.05, 4.69) is 25.9 Å². The summed E-state index contributed by atoms with van der Waals surface area (Å²) in [4.78, 5) is 33.7. The maximum atomic E-state index is 13.1. The van der Waals surface area contributed by atoms with Gasteiger partial charge < -0.3 is 21.7 Å². The number of amides is 2. The molecular formula is C31H31F3N8O2. The Morgan fingerprint density at radius 2 is 1.91 bits per heavy atom. The van der Waals surface area contributed by atoms with E-state index in [4.69, 9.17) is 10.8 Å². The number of nitrogen functional groups attached to an aromatic ring is 1. The number of carbonyl (C=O) groups is 2. The number of pyridine rings is 2. The highest BCUT2D eigenvalue weighted by atomic mass is 19.4. The van der Waals surface area contributed by atoms with Crippen LogP contribution >= 0.6 is 0 Å². The molecule has 228 valence electrons. The van der Waals surface area contributed by atoms with E-state index in [1.165, 1.54) is 0 Å². The van der Waals surface area contributed by atoms with Crippen molar-refractivity contribution in [1.29, 1.82) is 0 Å². The third-order valence-corrected chi connectivity index (χ3v) is 7.99. The van der Waals surface area contributed by atoms with Crippen molar-refractivity contribution in [2.75, 3.05) is 24.1 Å². The van der Waals surface area contributed by atoms with Crippen LogP contribution in [0.5, 0.6) is 0 Å². The second-order valence-electron chi connectivity index (χ2n) is 11.0. The van der Waals surface area contributed by atoms with Crippen molar-refractivity contribution in [2.45, 2.75) is 50.4 Å². The van der Waals surface area contributed by atoms with Crippen LogP contribution in [0, 0.1) is 0 Å². The summed E-state index contributed by atoms with van der Waals surface area (Å²) >= 11 is 0. The van der Waals surface area contributed by atoms with Crippen molar-refractivity contribution in [3.05, 3.63) is 77.6 Å². The van der Waals surface area contributed by atoms with Crippen LogP contribution in [0.25, 0.3) is 22.2 Å². The molecule has 13 heteroatoms. The summed E-state index contributed by atoms with van der Waals surface area (Å²) in [6, 6.07) is 8.28. The van der Waals surface area contributed by atoms with E-state index in [-0.39, 0.29) is 35.9 Å². The monoisotopic (exact) mass is 604 g/mol. The highest BCUT2D eigenvalue weighted by molar-refractivity contribution is 6.05. The van der Waals surface area contributed by atoms with Crippen LogP contribution in [-0.2, 0) is 17.4 Å². The summed E-state index contributed by atoms with van der Waals surface area (Å²) < 4.78 is 41.3. The fraction of sp³-hybridized carbons (Fsp3) is 0.323. The average Bonchev–Trinajstić information content (AvgIpc) is 3.41. The maximum absolute atomic E-state index is 13.1. The average molecular weight is 605 g/mol. The van der Waals surface area contributed by atoms with Gasteiger partial charge in [0.15, 0.2) is 0 Å². The van der Waals surface area contributed by atoms with Gasteiger partial charge in [-0.3, -0.25) is 14.3 Å². The zero-order chi connectivity index (χ0) is 30.8. The van der Waals surface area contributed by atoms with Gasteiger partial charge in [-0.1, -0.05) is 24.3 Å². The lowest BCUT2D eigenvalue weighted by Crippen LogP contribution is -2.43. The molecule has 1 fully saturated rings. The fourth-order valence-corrected chi connectivity index (χ4v) is 5.88. The lowest BCUT2D eigenvalue weighted by Gasteiger charge is -2.30. The maximum Gasteiger partial charge on any atom is 0.416 e. The first kappa shape index (κ1) is 29.3. The summed E-state index contributed by atoms with van der Waals surface area (Å²) in [6.07, 6.45) is 6.26. The topological polar surface area (TPSA) is 140 Å². The second-order valence-corrected chi connectivity index (χ2v) is 11.0. The minimum atomic E-state index is -4.55. The molecule has 4 heterocycles. The molecule has 1 aromatic carbocycles. The molecule has 5 N–H and O–H groups in total. The first-order valence-corrected chi connectivity index (χ1v) is 14.4. The number of rotatable bonds is 3. The Morgan fingerprint density at radius 3 is 2.70 bits per heavy atom. The molecule has 0 spiro atoms. The molecule has 2 amide bonds. The minimum absolute atomic E-state index is 0.0238. The van der Waals surface area contributed by atoms with Gasteiger partial charge in [0.1, 0.15) is 17.3 Å². The van der Waals surface area contributed by atoms with Gasteiger partial charge in [-0.25, -0.2) is 9.97 Å². The molecule has 2 atom stereocenters. The third-order valence-electron chi connectivity index (χ3n) is 7.99. The van der Waals surface area contributed by atoms with Gasteiger partial charge in [0.25, 0.3) is 5.91 Å². The van der Waals surface area contributed by atoms with Gasteiger partial charge in [-0.15, -0.1) is 0 Å². The number of nitrogens with one attached hydrogen (secondary N) is 3. The Bertz CT molecular complexity index is 1730. The number of nitrogens with zero attached hydrogens (tertiary/aromatic N) is 4. The third kappa shape index (κ3) is 6.13. The Labute approximate surface area is 250 Å². The van der Waals surface area contributed by atoms with Crippen LogP contribution in [-0.4, -0.2) is 50.7 Å². The predicted octanol–water partition coefficient (Wildman–Crippen LogP) is 4.65. The number of hydrogen-bond acceptors (Lipinski definition) is 7. The molecule has 2 bridgehead atoms. The number of hydrogen-bond donors (Lipinski definition) is 4. The predicted molar refractivity (Wildman–Crippen MR) is 160 cm³/mol. The molecule has 1 saturated carbocycles. The minimum Gasteiger partial charge on any atom is -0.383 e. The van der Waals surface area contributed by atoms with E-state index >= 15 is 0 Å². The summed E-state index contributed by atoms with van der Waals surface area (Å²) in [5.41, 5.74) is 8.97. The number of alkyl halides is 3. The van der Waals surface area contributed by atoms with Crippen molar-refractivity contribution in [2.24, 2.45) is 0 Å². The first-order valence-electron chi connectivity index (χ1n) is 14.4. The summed E-state index contributed by atoms with van der Waals surface area (Å²) in [5, 5.41) is 14.5. The van der Waals surface area contributed by atoms with Crippen LogP contribution < -0.4 is 21.7 Å². The standard InChI is InChI=1S/C31H31F3N8O2/c32-31(33,34)21-11-13-37-24(14-21)40-30(44)19-9-7-18(8-10-19)27-26-28-20(16-38-29(26)35)4-1-2-12-36-17-25(43)39-22-5-3-6-23(15-22)42(28)41-27/h1-2,7-11,13-14,16,22-23,36H,3-6,12,15,17H2,(H2,35,38)(H,39,43)(H,37,40,44)/b2-1+/t22-,23-/m1/s1. The quantitative estimate of drug-likeness (QED) is 0.250. The molecule has 1 aliphatic carbocycles.